The molecular formula is C20H22F2N2O3. The minimum absolute atomic E-state index is 0.0107. The van der Waals surface area contributed by atoms with Crippen LogP contribution in [0.25, 0.3) is 0 Å². The number of carbonyl (C=O) groups excluding carboxylic acids is 1. The topological polar surface area (TPSA) is 54.7 Å². The molecule has 1 amide bonds. The van der Waals surface area contributed by atoms with Crippen molar-refractivity contribution in [3.8, 4) is 0 Å². The zero-order chi connectivity index (χ0) is 18.8. The van der Waals surface area contributed by atoms with E-state index < -0.39 is 17.7 Å². The van der Waals surface area contributed by atoms with Crippen LogP contribution in [0.3, 0.4) is 0 Å². The number of carbonyl (C=O) groups is 1. The highest BCUT2D eigenvalue weighted by molar-refractivity contribution is 5.81. The molecule has 2 fully saturated rings. The largest absolute Gasteiger partial charge is 0.467 e. The number of nitrogens with zero attached hydrogens (tertiary/aromatic N) is 1. The summed E-state index contributed by atoms with van der Waals surface area (Å²) < 4.78 is 37.7. The molecule has 4 rings (SSSR count). The van der Waals surface area contributed by atoms with Gasteiger partial charge in [-0.05, 0) is 55.1 Å². The number of benzene rings is 1. The molecule has 2 aliphatic heterocycles. The second-order valence-corrected chi connectivity index (χ2v) is 7.23. The molecule has 1 aromatic heterocycles. The van der Waals surface area contributed by atoms with E-state index in [1.807, 2.05) is 6.07 Å². The summed E-state index contributed by atoms with van der Waals surface area (Å²) >= 11 is 0. The SMILES string of the molecule is O=C(NCc1ccco1)[C@@H]1C[C@H]2CCN(Cc3ccc(F)c(F)c3)C[C@@H]2O1. The molecule has 0 unspecified atom stereocenters. The van der Waals surface area contributed by atoms with Gasteiger partial charge in [-0.25, -0.2) is 8.78 Å². The predicted octanol–water partition coefficient (Wildman–Crippen LogP) is 2.85. The van der Waals surface area contributed by atoms with E-state index in [2.05, 4.69) is 10.2 Å². The fourth-order valence-electron chi connectivity index (χ4n) is 3.90. The third-order valence-corrected chi connectivity index (χ3v) is 5.34. The Morgan fingerprint density at radius 2 is 2.15 bits per heavy atom. The zero-order valence-corrected chi connectivity index (χ0v) is 14.9. The fraction of sp³-hybridized carbons (Fsp3) is 0.450. The van der Waals surface area contributed by atoms with E-state index >= 15 is 0 Å². The maximum atomic E-state index is 13.4. The molecule has 0 saturated carbocycles. The summed E-state index contributed by atoms with van der Waals surface area (Å²) in [6.07, 6.45) is 2.76. The summed E-state index contributed by atoms with van der Waals surface area (Å²) in [6.45, 7) is 2.43. The van der Waals surface area contributed by atoms with Crippen LogP contribution in [0.15, 0.2) is 41.0 Å². The first-order chi connectivity index (χ1) is 13.1. The first-order valence-electron chi connectivity index (χ1n) is 9.20. The van der Waals surface area contributed by atoms with Crippen LogP contribution < -0.4 is 5.32 Å². The van der Waals surface area contributed by atoms with E-state index in [4.69, 9.17) is 9.15 Å². The number of hydrogen-bond acceptors (Lipinski definition) is 4. The maximum absolute atomic E-state index is 13.4. The van der Waals surface area contributed by atoms with Crippen molar-refractivity contribution in [1.82, 2.24) is 10.2 Å². The quantitative estimate of drug-likeness (QED) is 0.872. The van der Waals surface area contributed by atoms with Gasteiger partial charge in [-0.3, -0.25) is 9.69 Å². The predicted molar refractivity (Wildman–Crippen MR) is 93.6 cm³/mol. The maximum Gasteiger partial charge on any atom is 0.249 e. The van der Waals surface area contributed by atoms with Gasteiger partial charge in [0.05, 0.1) is 18.9 Å². The lowest BCUT2D eigenvalue weighted by Gasteiger charge is -2.34. The smallest absolute Gasteiger partial charge is 0.249 e. The van der Waals surface area contributed by atoms with Gasteiger partial charge in [0.2, 0.25) is 5.91 Å². The molecule has 7 heteroatoms. The summed E-state index contributed by atoms with van der Waals surface area (Å²) in [5, 5.41) is 2.85. The van der Waals surface area contributed by atoms with Crippen LogP contribution >= 0.6 is 0 Å². The Hall–Kier alpha value is -2.25. The van der Waals surface area contributed by atoms with Crippen molar-refractivity contribution in [3.05, 3.63) is 59.6 Å². The summed E-state index contributed by atoms with van der Waals surface area (Å²) in [5.74, 6) is -0.720. The summed E-state index contributed by atoms with van der Waals surface area (Å²) in [4.78, 5) is 14.5. The van der Waals surface area contributed by atoms with Crippen molar-refractivity contribution < 1.29 is 22.7 Å². The number of amides is 1. The van der Waals surface area contributed by atoms with E-state index in [1.54, 1.807) is 18.4 Å². The summed E-state index contributed by atoms with van der Waals surface area (Å²) in [7, 11) is 0. The van der Waals surface area contributed by atoms with Crippen LogP contribution in [0.2, 0.25) is 0 Å². The Morgan fingerprint density at radius 1 is 1.26 bits per heavy atom. The number of piperidine rings is 1. The molecule has 0 bridgehead atoms. The van der Waals surface area contributed by atoms with Gasteiger partial charge in [0.1, 0.15) is 11.9 Å². The van der Waals surface area contributed by atoms with Gasteiger partial charge >= 0.3 is 0 Å². The van der Waals surface area contributed by atoms with Crippen molar-refractivity contribution in [2.45, 2.75) is 38.1 Å². The standard InChI is InChI=1S/C20H22F2N2O3/c21-16-4-3-13(8-17(16)22)11-24-6-5-14-9-18(27-19(14)12-24)20(25)23-10-15-2-1-7-26-15/h1-4,7-8,14,18-19H,5-6,9-12H2,(H,23,25)/t14-,18+,19+/m1/s1. The number of fused-ring (bicyclic) bond motifs is 1. The van der Waals surface area contributed by atoms with Crippen LogP contribution in [-0.2, 0) is 22.6 Å². The Bertz CT molecular complexity index is 797. The first kappa shape index (κ1) is 18.1. The molecule has 2 saturated heterocycles. The number of rotatable bonds is 5. The monoisotopic (exact) mass is 376 g/mol. The highest BCUT2D eigenvalue weighted by Gasteiger charge is 2.41. The lowest BCUT2D eigenvalue weighted by molar-refractivity contribution is -0.133. The third kappa shape index (κ3) is 4.20. The molecule has 3 heterocycles. The molecule has 0 spiro atoms. The van der Waals surface area contributed by atoms with Crippen molar-refractivity contribution in [2.24, 2.45) is 5.92 Å². The molecule has 5 nitrogen and oxygen atoms in total. The number of furan rings is 1. The molecule has 0 radical (unpaired) electrons. The molecule has 144 valence electrons. The Labute approximate surface area is 156 Å². The number of hydrogen-bond donors (Lipinski definition) is 1. The van der Waals surface area contributed by atoms with Crippen LogP contribution in [0.1, 0.15) is 24.2 Å². The molecule has 1 aromatic carbocycles. The van der Waals surface area contributed by atoms with Crippen molar-refractivity contribution in [1.29, 1.82) is 0 Å². The van der Waals surface area contributed by atoms with Gasteiger partial charge < -0.3 is 14.5 Å². The molecule has 0 aliphatic carbocycles. The van der Waals surface area contributed by atoms with Crippen LogP contribution in [0.4, 0.5) is 8.78 Å². The molecule has 3 atom stereocenters. The van der Waals surface area contributed by atoms with Crippen LogP contribution in [0, 0.1) is 17.6 Å². The van der Waals surface area contributed by atoms with E-state index in [-0.39, 0.29) is 12.0 Å². The first-order valence-corrected chi connectivity index (χ1v) is 9.20. The van der Waals surface area contributed by atoms with Crippen molar-refractivity contribution in [2.75, 3.05) is 13.1 Å². The third-order valence-electron chi connectivity index (χ3n) is 5.34. The minimum atomic E-state index is -0.833. The normalized spacial score (nSPS) is 25.3. The Morgan fingerprint density at radius 3 is 2.93 bits per heavy atom. The lowest BCUT2D eigenvalue weighted by Crippen LogP contribution is -2.42. The van der Waals surface area contributed by atoms with Crippen LogP contribution in [-0.4, -0.2) is 36.1 Å². The average Bonchev–Trinajstić information content (AvgIpc) is 3.32. The summed E-state index contributed by atoms with van der Waals surface area (Å²) in [5.41, 5.74) is 0.734. The molecule has 1 N–H and O–H groups in total. The van der Waals surface area contributed by atoms with E-state index in [1.165, 1.54) is 6.07 Å². The van der Waals surface area contributed by atoms with Gasteiger partial charge in [-0.1, -0.05) is 6.07 Å². The van der Waals surface area contributed by atoms with E-state index in [0.717, 1.165) is 24.6 Å². The average molecular weight is 376 g/mol. The van der Waals surface area contributed by atoms with Gasteiger partial charge in [0.15, 0.2) is 11.6 Å². The van der Waals surface area contributed by atoms with Crippen LogP contribution in [0.5, 0.6) is 0 Å². The number of likely N-dealkylation sites (tertiary alicyclic amines) is 1. The van der Waals surface area contributed by atoms with Crippen molar-refractivity contribution in [3.63, 3.8) is 0 Å². The minimum Gasteiger partial charge on any atom is -0.467 e. The van der Waals surface area contributed by atoms with Crippen molar-refractivity contribution >= 4 is 5.91 Å². The number of halogens is 2. The van der Waals surface area contributed by atoms with E-state index in [0.29, 0.717) is 37.7 Å². The number of ether oxygens (including phenoxy) is 1. The highest BCUT2D eigenvalue weighted by atomic mass is 19.2. The molecular weight excluding hydrogens is 354 g/mol. The Balaban J connectivity index is 1.29. The van der Waals surface area contributed by atoms with Gasteiger partial charge in [-0.2, -0.15) is 0 Å². The second-order valence-electron chi connectivity index (χ2n) is 7.23. The fourth-order valence-corrected chi connectivity index (χ4v) is 3.90. The summed E-state index contributed by atoms with van der Waals surface area (Å²) in [6, 6.07) is 7.59. The van der Waals surface area contributed by atoms with Gasteiger partial charge in [-0.15, -0.1) is 0 Å². The molecule has 2 aliphatic rings. The second kappa shape index (κ2) is 7.78. The van der Waals surface area contributed by atoms with E-state index in [9.17, 15) is 13.6 Å². The van der Waals surface area contributed by atoms with Gasteiger partial charge in [0.25, 0.3) is 0 Å². The zero-order valence-electron chi connectivity index (χ0n) is 14.9. The number of nitrogens with one attached hydrogen (secondary N) is 1. The highest BCUT2D eigenvalue weighted by Crippen LogP contribution is 2.34. The molecule has 27 heavy (non-hydrogen) atoms. The van der Waals surface area contributed by atoms with Gasteiger partial charge in [0, 0.05) is 13.1 Å². The molecule has 2 aromatic rings. The lowest BCUT2D eigenvalue weighted by atomic mass is 9.91. The Kier molecular flexibility index (Phi) is 5.22.